The van der Waals surface area contributed by atoms with Crippen molar-refractivity contribution >= 4 is 35.1 Å². The zero-order chi connectivity index (χ0) is 20.6. The number of hydrogen-bond donors (Lipinski definition) is 1. The van der Waals surface area contributed by atoms with E-state index in [2.05, 4.69) is 54.8 Å². The third-order valence-electron chi connectivity index (χ3n) is 6.37. The van der Waals surface area contributed by atoms with Crippen LogP contribution in [0.4, 0.5) is 0 Å². The molecule has 4 heteroatoms. The van der Waals surface area contributed by atoms with Gasteiger partial charge in [-0.3, -0.25) is 4.57 Å². The predicted octanol–water partition coefficient (Wildman–Crippen LogP) is 4.98. The van der Waals surface area contributed by atoms with Gasteiger partial charge in [-0.05, 0) is 41.5 Å². The minimum Gasteiger partial charge on any atom is -0.508 e. The van der Waals surface area contributed by atoms with E-state index in [1.165, 1.54) is 16.7 Å². The maximum absolute atomic E-state index is 10.2. The van der Waals surface area contributed by atoms with E-state index in [4.69, 9.17) is 12.8 Å². The molecule has 2 heterocycles. The molecular weight excluding hydrogens is 367 g/mol. The maximum Gasteiger partial charge on any atom is 0.137 e. The molecule has 5 aromatic rings. The van der Waals surface area contributed by atoms with Gasteiger partial charge in [-0.2, -0.15) is 0 Å². The van der Waals surface area contributed by atoms with E-state index in [9.17, 15) is 5.11 Å². The van der Waals surface area contributed by atoms with Crippen molar-refractivity contribution in [3.05, 3.63) is 84.1 Å². The van der Waals surface area contributed by atoms with Gasteiger partial charge in [0.15, 0.2) is 0 Å². The molecule has 142 valence electrons. The molecule has 0 saturated carbocycles. The van der Waals surface area contributed by atoms with Crippen LogP contribution < -0.4 is 5.46 Å². The lowest BCUT2D eigenvalue weighted by Gasteiger charge is -2.21. The number of phenolic OH excluding ortho intramolecular Hbond substituents is 1. The van der Waals surface area contributed by atoms with Gasteiger partial charge in [-0.1, -0.05) is 55.7 Å². The molecule has 0 atom stereocenters. The zero-order valence-corrected chi connectivity index (χ0v) is 16.8. The first-order chi connectivity index (χ1) is 14.4. The lowest BCUT2D eigenvalue weighted by atomic mass is 9.85. The molecule has 6 rings (SSSR count). The highest BCUT2D eigenvalue weighted by Crippen LogP contribution is 2.48. The summed E-state index contributed by atoms with van der Waals surface area (Å²) >= 11 is 0. The van der Waals surface area contributed by atoms with Gasteiger partial charge in [-0.25, -0.2) is 4.98 Å². The van der Waals surface area contributed by atoms with Crippen molar-refractivity contribution in [1.82, 2.24) is 9.55 Å². The van der Waals surface area contributed by atoms with Crippen LogP contribution in [0.1, 0.15) is 25.1 Å². The number of nitrogens with zero attached hydrogens (tertiary/aromatic N) is 2. The summed E-state index contributed by atoms with van der Waals surface area (Å²) in [5, 5.41) is 12.3. The number of phenols is 1. The number of aromatic hydroxyl groups is 1. The molecule has 0 spiro atoms. The van der Waals surface area contributed by atoms with Crippen LogP contribution in [0.25, 0.3) is 38.8 Å². The molecule has 2 aromatic heterocycles. The number of benzene rings is 3. The molecule has 1 N–H and O–H groups in total. The first-order valence-electron chi connectivity index (χ1n) is 10.1. The fourth-order valence-electron chi connectivity index (χ4n) is 4.93. The Kier molecular flexibility index (Phi) is 3.33. The highest BCUT2D eigenvalue weighted by atomic mass is 16.3. The van der Waals surface area contributed by atoms with Gasteiger partial charge >= 0.3 is 0 Å². The van der Waals surface area contributed by atoms with Gasteiger partial charge in [0.1, 0.15) is 19.4 Å². The van der Waals surface area contributed by atoms with Crippen molar-refractivity contribution < 1.29 is 5.11 Å². The summed E-state index contributed by atoms with van der Waals surface area (Å²) in [5.41, 5.74) is 7.29. The summed E-state index contributed by atoms with van der Waals surface area (Å²) in [4.78, 5) is 5.17. The summed E-state index contributed by atoms with van der Waals surface area (Å²) in [7, 11) is 6.08. The quantitative estimate of drug-likeness (QED) is 0.413. The topological polar surface area (TPSA) is 38.0 Å². The number of pyridine rings is 1. The van der Waals surface area contributed by atoms with E-state index >= 15 is 0 Å². The number of aromatic nitrogens is 2. The van der Waals surface area contributed by atoms with Crippen LogP contribution in [0.15, 0.2) is 72.8 Å². The Labute approximate surface area is 176 Å². The Bertz CT molecular complexity index is 1500. The molecule has 3 nitrogen and oxygen atoms in total. The molecule has 0 unspecified atom stereocenters. The molecule has 30 heavy (non-hydrogen) atoms. The van der Waals surface area contributed by atoms with Crippen molar-refractivity contribution in [2.24, 2.45) is 0 Å². The van der Waals surface area contributed by atoms with Crippen LogP contribution in [0.3, 0.4) is 0 Å². The average molecular weight is 386 g/mol. The van der Waals surface area contributed by atoms with Crippen molar-refractivity contribution in [1.29, 1.82) is 0 Å². The fourth-order valence-corrected chi connectivity index (χ4v) is 4.93. The van der Waals surface area contributed by atoms with Crippen LogP contribution in [0.2, 0.25) is 0 Å². The highest BCUT2D eigenvalue weighted by molar-refractivity contribution is 6.33. The van der Waals surface area contributed by atoms with Crippen LogP contribution in [-0.2, 0) is 5.41 Å². The van der Waals surface area contributed by atoms with E-state index in [0.717, 1.165) is 33.3 Å². The van der Waals surface area contributed by atoms with E-state index in [1.54, 1.807) is 12.1 Å². The zero-order valence-electron chi connectivity index (χ0n) is 16.8. The van der Waals surface area contributed by atoms with Gasteiger partial charge < -0.3 is 5.11 Å². The largest absolute Gasteiger partial charge is 0.508 e. The SMILES string of the molecule is [B]c1ccc2c(c1)c1ccc(O)cc1n2-c1ccc2c(n1)C(C)(C)c1ccccc1-2. The molecule has 0 aliphatic heterocycles. The van der Waals surface area contributed by atoms with Crippen molar-refractivity contribution in [2.75, 3.05) is 0 Å². The van der Waals surface area contributed by atoms with Crippen LogP contribution in [0, 0.1) is 0 Å². The monoisotopic (exact) mass is 386 g/mol. The highest BCUT2D eigenvalue weighted by Gasteiger charge is 2.37. The Morgan fingerprint density at radius 3 is 2.53 bits per heavy atom. The van der Waals surface area contributed by atoms with E-state index < -0.39 is 0 Å². The molecule has 0 amide bonds. The third kappa shape index (κ3) is 2.19. The molecule has 2 radical (unpaired) electrons. The lowest BCUT2D eigenvalue weighted by Crippen LogP contribution is -2.17. The smallest absolute Gasteiger partial charge is 0.137 e. The Morgan fingerprint density at radius 2 is 1.67 bits per heavy atom. The van der Waals surface area contributed by atoms with Gasteiger partial charge in [-0.15, -0.1) is 0 Å². The minimum atomic E-state index is -0.173. The minimum absolute atomic E-state index is 0.173. The number of rotatable bonds is 1. The van der Waals surface area contributed by atoms with Gasteiger partial charge in [0.25, 0.3) is 0 Å². The predicted molar refractivity (Wildman–Crippen MR) is 123 cm³/mol. The van der Waals surface area contributed by atoms with Gasteiger partial charge in [0, 0.05) is 27.8 Å². The normalized spacial score (nSPS) is 14.2. The molecule has 1 aliphatic carbocycles. The molecule has 0 saturated heterocycles. The van der Waals surface area contributed by atoms with Gasteiger partial charge in [0.05, 0.1) is 16.7 Å². The molecular formula is C26H19BN2O. The molecule has 1 aliphatic rings. The van der Waals surface area contributed by atoms with E-state index in [-0.39, 0.29) is 11.2 Å². The average Bonchev–Trinajstić information content (AvgIpc) is 3.17. The summed E-state index contributed by atoms with van der Waals surface area (Å²) in [6.45, 7) is 4.46. The van der Waals surface area contributed by atoms with E-state index in [0.29, 0.717) is 5.46 Å². The van der Waals surface area contributed by atoms with Crippen LogP contribution >= 0.6 is 0 Å². The third-order valence-corrected chi connectivity index (χ3v) is 6.37. The fraction of sp³-hybridized carbons (Fsp3) is 0.115. The second kappa shape index (κ2) is 5.76. The summed E-state index contributed by atoms with van der Waals surface area (Å²) in [6.07, 6.45) is 0. The molecule has 0 bridgehead atoms. The molecule has 0 fully saturated rings. The number of fused-ring (bicyclic) bond motifs is 6. The lowest BCUT2D eigenvalue weighted by molar-refractivity contribution is 0.476. The Morgan fingerprint density at radius 1 is 0.833 bits per heavy atom. The first-order valence-corrected chi connectivity index (χ1v) is 10.1. The standard InChI is InChI=1S/C26H19BN2O/c1-26(2)21-6-4-3-5-17(21)19-10-12-24(28-25(19)26)29-22-11-7-15(27)13-20(22)18-9-8-16(30)14-23(18)29/h3-14,30H,1-2H3. The second-order valence-corrected chi connectivity index (χ2v) is 8.55. The number of hydrogen-bond acceptors (Lipinski definition) is 2. The summed E-state index contributed by atoms with van der Waals surface area (Å²) in [6, 6.07) is 24.1. The second-order valence-electron chi connectivity index (χ2n) is 8.55. The first kappa shape index (κ1) is 17.3. The Balaban J connectivity index is 1.68. The van der Waals surface area contributed by atoms with Gasteiger partial charge in [0.2, 0.25) is 0 Å². The maximum atomic E-state index is 10.2. The van der Waals surface area contributed by atoms with Crippen LogP contribution in [-0.4, -0.2) is 22.5 Å². The Hall–Kier alpha value is -3.53. The van der Waals surface area contributed by atoms with Crippen molar-refractivity contribution in [3.63, 3.8) is 0 Å². The molecule has 3 aromatic carbocycles. The summed E-state index contributed by atoms with van der Waals surface area (Å²) in [5.74, 6) is 1.07. The van der Waals surface area contributed by atoms with Crippen molar-refractivity contribution in [3.8, 4) is 22.7 Å². The van der Waals surface area contributed by atoms with Crippen molar-refractivity contribution in [2.45, 2.75) is 19.3 Å². The van der Waals surface area contributed by atoms with E-state index in [1.807, 2.05) is 24.3 Å². The summed E-state index contributed by atoms with van der Waals surface area (Å²) < 4.78 is 2.11. The van der Waals surface area contributed by atoms with Crippen LogP contribution in [0.5, 0.6) is 5.75 Å².